The zero-order valence-corrected chi connectivity index (χ0v) is 8.14. The Morgan fingerprint density at radius 1 is 1.29 bits per heavy atom. The summed E-state index contributed by atoms with van der Waals surface area (Å²) in [4.78, 5) is 13.1. The van der Waals surface area contributed by atoms with Crippen LogP contribution in [0.5, 0.6) is 0 Å². The minimum atomic E-state index is -2.39. The molecule has 0 aliphatic carbocycles. The largest absolute Gasteiger partial charge is 0.342 e. The molecule has 0 spiro atoms. The second-order valence-electron chi connectivity index (χ2n) is 3.46. The number of likely N-dealkylation sites (tertiary alicyclic amines) is 1. The highest BCUT2D eigenvalue weighted by molar-refractivity contribution is 5.78. The van der Waals surface area contributed by atoms with Crippen LogP contribution in [0.3, 0.4) is 0 Å². The fraction of sp³-hybridized carbons (Fsp3) is 0.889. The lowest BCUT2D eigenvalue weighted by molar-refractivity contribution is -0.131. The molecule has 1 saturated heterocycles. The van der Waals surface area contributed by atoms with Gasteiger partial charge in [0.15, 0.2) is 0 Å². The topological polar surface area (TPSA) is 32.3 Å². The van der Waals surface area contributed by atoms with E-state index in [9.17, 15) is 13.6 Å². The fourth-order valence-electron chi connectivity index (χ4n) is 1.54. The van der Waals surface area contributed by atoms with Crippen LogP contribution >= 0.6 is 0 Å². The summed E-state index contributed by atoms with van der Waals surface area (Å²) in [5, 5.41) is 2.44. The van der Waals surface area contributed by atoms with Crippen LogP contribution in [-0.4, -0.2) is 43.4 Å². The average Bonchev–Trinajstić information content (AvgIpc) is 2.18. The molecule has 0 aromatic carbocycles. The van der Waals surface area contributed by atoms with E-state index >= 15 is 0 Å². The van der Waals surface area contributed by atoms with Crippen LogP contribution in [-0.2, 0) is 4.79 Å². The average molecular weight is 206 g/mol. The number of nitrogens with zero attached hydrogens (tertiary/aromatic N) is 1. The summed E-state index contributed by atoms with van der Waals surface area (Å²) < 4.78 is 23.5. The Balaban J connectivity index is 2.13. The zero-order chi connectivity index (χ0) is 10.4. The highest BCUT2D eigenvalue weighted by atomic mass is 19.3. The second-order valence-corrected chi connectivity index (χ2v) is 3.46. The normalized spacial score (nSPS) is 17.5. The second kappa shape index (κ2) is 5.90. The van der Waals surface area contributed by atoms with Crippen molar-refractivity contribution >= 4 is 5.91 Å². The maximum absolute atomic E-state index is 11.7. The van der Waals surface area contributed by atoms with E-state index in [4.69, 9.17) is 0 Å². The van der Waals surface area contributed by atoms with Gasteiger partial charge in [0.05, 0.1) is 13.1 Å². The number of halogens is 2. The Morgan fingerprint density at radius 2 is 1.93 bits per heavy atom. The first kappa shape index (κ1) is 11.4. The summed E-state index contributed by atoms with van der Waals surface area (Å²) in [6.45, 7) is 1.17. The third-order valence-electron chi connectivity index (χ3n) is 2.28. The van der Waals surface area contributed by atoms with Crippen molar-refractivity contribution in [1.29, 1.82) is 0 Å². The van der Waals surface area contributed by atoms with E-state index in [0.29, 0.717) is 0 Å². The predicted octanol–water partition coefficient (Wildman–Crippen LogP) is 0.854. The molecule has 0 saturated carbocycles. The number of carbonyl (C=O) groups excluding carboxylic acids is 1. The molecule has 82 valence electrons. The molecular weight excluding hydrogens is 190 g/mol. The molecule has 1 rings (SSSR count). The molecule has 1 fully saturated rings. The molecule has 0 aromatic rings. The van der Waals surface area contributed by atoms with Gasteiger partial charge in [-0.05, 0) is 19.3 Å². The van der Waals surface area contributed by atoms with E-state index in [1.807, 2.05) is 0 Å². The lowest BCUT2D eigenvalue weighted by Gasteiger charge is -2.26. The van der Waals surface area contributed by atoms with Crippen LogP contribution in [0, 0.1) is 0 Å². The minimum Gasteiger partial charge on any atom is -0.342 e. The standard InChI is InChI=1S/C9H16F2N2O/c10-8(11)6-12-7-9(14)13-4-2-1-3-5-13/h8,12H,1-7H2. The first-order chi connectivity index (χ1) is 6.70. The number of carbonyl (C=O) groups is 1. The van der Waals surface area contributed by atoms with Crippen LogP contribution in [0.15, 0.2) is 0 Å². The van der Waals surface area contributed by atoms with Crippen LogP contribution in [0.25, 0.3) is 0 Å². The van der Waals surface area contributed by atoms with E-state index in [1.165, 1.54) is 0 Å². The Labute approximate surface area is 82.5 Å². The predicted molar refractivity (Wildman–Crippen MR) is 49.3 cm³/mol. The SMILES string of the molecule is O=C(CNCC(F)F)N1CCCCC1. The van der Waals surface area contributed by atoms with Crippen LogP contribution in [0.4, 0.5) is 8.78 Å². The molecule has 1 heterocycles. The number of rotatable bonds is 4. The van der Waals surface area contributed by atoms with Gasteiger partial charge in [0, 0.05) is 13.1 Å². The summed E-state index contributed by atoms with van der Waals surface area (Å²) >= 11 is 0. The summed E-state index contributed by atoms with van der Waals surface area (Å²) in [5.41, 5.74) is 0. The van der Waals surface area contributed by atoms with Gasteiger partial charge in [0.1, 0.15) is 0 Å². The third-order valence-corrected chi connectivity index (χ3v) is 2.28. The number of hydrogen-bond acceptors (Lipinski definition) is 2. The lowest BCUT2D eigenvalue weighted by Crippen LogP contribution is -2.41. The van der Waals surface area contributed by atoms with Crippen molar-refractivity contribution in [1.82, 2.24) is 10.2 Å². The molecule has 1 aliphatic rings. The number of hydrogen-bond donors (Lipinski definition) is 1. The van der Waals surface area contributed by atoms with Gasteiger partial charge >= 0.3 is 0 Å². The number of amides is 1. The lowest BCUT2D eigenvalue weighted by atomic mass is 10.1. The molecule has 14 heavy (non-hydrogen) atoms. The quantitative estimate of drug-likeness (QED) is 0.739. The van der Waals surface area contributed by atoms with Crippen molar-refractivity contribution in [2.75, 3.05) is 26.2 Å². The summed E-state index contributed by atoms with van der Waals surface area (Å²) in [5.74, 6) is -0.0645. The van der Waals surface area contributed by atoms with Gasteiger partial charge in [0.25, 0.3) is 6.43 Å². The van der Waals surface area contributed by atoms with Crippen LogP contribution in [0.2, 0.25) is 0 Å². The minimum absolute atomic E-state index is 0.0321. The van der Waals surface area contributed by atoms with Crippen LogP contribution < -0.4 is 5.32 Å². The van der Waals surface area contributed by atoms with Crippen molar-refractivity contribution in [3.63, 3.8) is 0 Å². The monoisotopic (exact) mass is 206 g/mol. The first-order valence-electron chi connectivity index (χ1n) is 4.97. The van der Waals surface area contributed by atoms with E-state index < -0.39 is 13.0 Å². The number of alkyl halides is 2. The van der Waals surface area contributed by atoms with Gasteiger partial charge in [-0.25, -0.2) is 8.78 Å². The molecule has 3 nitrogen and oxygen atoms in total. The zero-order valence-electron chi connectivity index (χ0n) is 8.14. The highest BCUT2D eigenvalue weighted by Gasteiger charge is 2.15. The molecule has 0 radical (unpaired) electrons. The first-order valence-corrected chi connectivity index (χ1v) is 4.97. The van der Waals surface area contributed by atoms with Crippen molar-refractivity contribution < 1.29 is 13.6 Å². The molecule has 1 amide bonds. The van der Waals surface area contributed by atoms with E-state index in [0.717, 1.165) is 32.4 Å². The summed E-state index contributed by atoms with van der Waals surface area (Å²) in [6.07, 6.45) is 0.833. The van der Waals surface area contributed by atoms with E-state index in [1.54, 1.807) is 4.90 Å². The molecule has 1 aliphatic heterocycles. The Kier molecular flexibility index (Phi) is 4.79. The Bertz CT molecular complexity index is 182. The number of piperidine rings is 1. The van der Waals surface area contributed by atoms with Gasteiger partial charge in [0.2, 0.25) is 5.91 Å². The van der Waals surface area contributed by atoms with E-state index in [-0.39, 0.29) is 12.5 Å². The highest BCUT2D eigenvalue weighted by Crippen LogP contribution is 2.08. The van der Waals surface area contributed by atoms with Crippen molar-refractivity contribution in [2.24, 2.45) is 0 Å². The summed E-state index contributed by atoms with van der Waals surface area (Å²) in [6, 6.07) is 0. The Morgan fingerprint density at radius 3 is 2.50 bits per heavy atom. The third kappa shape index (κ3) is 4.00. The smallest absolute Gasteiger partial charge is 0.250 e. The van der Waals surface area contributed by atoms with Crippen LogP contribution in [0.1, 0.15) is 19.3 Å². The molecule has 5 heteroatoms. The fourth-order valence-corrected chi connectivity index (χ4v) is 1.54. The molecule has 1 N–H and O–H groups in total. The molecule has 0 aromatic heterocycles. The maximum atomic E-state index is 11.7. The maximum Gasteiger partial charge on any atom is 0.250 e. The summed E-state index contributed by atoms with van der Waals surface area (Å²) in [7, 11) is 0. The van der Waals surface area contributed by atoms with Crippen molar-refractivity contribution in [3.8, 4) is 0 Å². The van der Waals surface area contributed by atoms with Gasteiger partial charge in [-0.2, -0.15) is 0 Å². The van der Waals surface area contributed by atoms with Gasteiger partial charge in [-0.15, -0.1) is 0 Å². The number of nitrogens with one attached hydrogen (secondary N) is 1. The van der Waals surface area contributed by atoms with Crippen molar-refractivity contribution in [2.45, 2.75) is 25.7 Å². The molecule has 0 bridgehead atoms. The molecular formula is C9H16F2N2O. The molecule has 0 unspecified atom stereocenters. The van der Waals surface area contributed by atoms with Gasteiger partial charge in [-0.1, -0.05) is 0 Å². The van der Waals surface area contributed by atoms with E-state index in [2.05, 4.69) is 5.32 Å². The molecule has 0 atom stereocenters. The van der Waals surface area contributed by atoms with Crippen molar-refractivity contribution in [3.05, 3.63) is 0 Å². The Hall–Kier alpha value is -0.710. The van der Waals surface area contributed by atoms with Gasteiger partial charge in [-0.3, -0.25) is 4.79 Å². The van der Waals surface area contributed by atoms with Gasteiger partial charge < -0.3 is 10.2 Å².